The average Bonchev–Trinajstić information content (AvgIpc) is 2.19. The Kier molecular flexibility index (Phi) is 10.3. The van der Waals surface area contributed by atoms with Gasteiger partial charge in [0.2, 0.25) is 0 Å². The van der Waals surface area contributed by atoms with Gasteiger partial charge < -0.3 is 14.8 Å². The third-order valence-corrected chi connectivity index (χ3v) is 2.15. The Hall–Kier alpha value is -0.120. The van der Waals surface area contributed by atoms with Crippen molar-refractivity contribution in [3.8, 4) is 0 Å². The van der Waals surface area contributed by atoms with Gasteiger partial charge in [0.25, 0.3) is 0 Å². The molecule has 0 saturated carbocycles. The van der Waals surface area contributed by atoms with Gasteiger partial charge in [0.15, 0.2) is 0 Å². The largest absolute Gasteiger partial charge is 0.376 e. The van der Waals surface area contributed by atoms with Crippen molar-refractivity contribution in [1.29, 1.82) is 0 Å². The molecule has 0 amide bonds. The van der Waals surface area contributed by atoms with Gasteiger partial charge in [-0.25, -0.2) is 0 Å². The molecule has 0 aliphatic heterocycles. The molecule has 0 aliphatic carbocycles. The molecule has 0 bridgehead atoms. The van der Waals surface area contributed by atoms with E-state index in [9.17, 15) is 0 Å². The highest BCUT2D eigenvalue weighted by Gasteiger charge is 2.01. The van der Waals surface area contributed by atoms with Crippen LogP contribution in [0.25, 0.3) is 0 Å². The maximum Gasteiger partial charge on any atom is 0.0704 e. The molecule has 1 N–H and O–H groups in total. The van der Waals surface area contributed by atoms with Gasteiger partial charge in [0.1, 0.15) is 0 Å². The SMILES string of the molecule is CCNCCCC(C)OCCOC(C)C. The van der Waals surface area contributed by atoms with Crippen LogP contribution in [0, 0.1) is 0 Å². The van der Waals surface area contributed by atoms with Gasteiger partial charge in [-0.1, -0.05) is 6.92 Å². The molecular weight excluding hydrogens is 190 g/mol. The highest BCUT2D eigenvalue weighted by atomic mass is 16.5. The van der Waals surface area contributed by atoms with Crippen molar-refractivity contribution in [2.75, 3.05) is 26.3 Å². The van der Waals surface area contributed by atoms with Crippen molar-refractivity contribution in [2.24, 2.45) is 0 Å². The summed E-state index contributed by atoms with van der Waals surface area (Å²) in [7, 11) is 0. The predicted octanol–water partition coefficient (Wildman–Crippen LogP) is 2.21. The molecule has 0 saturated heterocycles. The first-order valence-electron chi connectivity index (χ1n) is 6.10. The molecule has 0 rings (SSSR count). The van der Waals surface area contributed by atoms with Gasteiger partial charge in [-0.15, -0.1) is 0 Å². The van der Waals surface area contributed by atoms with Crippen LogP contribution in [-0.4, -0.2) is 38.5 Å². The number of rotatable bonds is 10. The van der Waals surface area contributed by atoms with E-state index in [4.69, 9.17) is 9.47 Å². The maximum absolute atomic E-state index is 5.62. The Balaban J connectivity index is 3.15. The molecule has 0 fully saturated rings. The smallest absolute Gasteiger partial charge is 0.0704 e. The van der Waals surface area contributed by atoms with Crippen molar-refractivity contribution in [1.82, 2.24) is 5.32 Å². The van der Waals surface area contributed by atoms with E-state index in [0.29, 0.717) is 25.4 Å². The number of nitrogens with one attached hydrogen (secondary N) is 1. The quantitative estimate of drug-likeness (QED) is 0.569. The number of hydrogen-bond acceptors (Lipinski definition) is 3. The summed E-state index contributed by atoms with van der Waals surface area (Å²) in [5, 5.41) is 3.31. The van der Waals surface area contributed by atoms with Crippen molar-refractivity contribution in [3.63, 3.8) is 0 Å². The molecule has 1 unspecified atom stereocenters. The fraction of sp³-hybridized carbons (Fsp3) is 1.00. The summed E-state index contributed by atoms with van der Waals surface area (Å²) >= 11 is 0. The Labute approximate surface area is 94.5 Å². The fourth-order valence-electron chi connectivity index (χ4n) is 1.31. The van der Waals surface area contributed by atoms with E-state index in [2.05, 4.69) is 19.2 Å². The second kappa shape index (κ2) is 10.4. The molecule has 92 valence electrons. The van der Waals surface area contributed by atoms with Crippen molar-refractivity contribution in [3.05, 3.63) is 0 Å². The van der Waals surface area contributed by atoms with Crippen LogP contribution in [-0.2, 0) is 9.47 Å². The minimum absolute atomic E-state index is 0.303. The van der Waals surface area contributed by atoms with Crippen LogP contribution in [0.4, 0.5) is 0 Å². The molecule has 3 heteroatoms. The summed E-state index contributed by atoms with van der Waals surface area (Å²) in [4.78, 5) is 0. The molecule has 0 aliphatic rings. The van der Waals surface area contributed by atoms with Crippen LogP contribution in [0.2, 0.25) is 0 Å². The van der Waals surface area contributed by atoms with E-state index in [1.807, 2.05) is 13.8 Å². The predicted molar refractivity (Wildman–Crippen MR) is 64.3 cm³/mol. The van der Waals surface area contributed by atoms with Crippen molar-refractivity contribution < 1.29 is 9.47 Å². The summed E-state index contributed by atoms with van der Waals surface area (Å²) in [6.07, 6.45) is 2.95. The van der Waals surface area contributed by atoms with Crippen LogP contribution in [0.5, 0.6) is 0 Å². The molecular formula is C12H27NO2. The van der Waals surface area contributed by atoms with E-state index in [0.717, 1.165) is 19.5 Å². The third-order valence-electron chi connectivity index (χ3n) is 2.15. The third kappa shape index (κ3) is 11.8. The van der Waals surface area contributed by atoms with Crippen LogP contribution in [0.1, 0.15) is 40.5 Å². The molecule has 1 atom stereocenters. The molecule has 3 nitrogen and oxygen atoms in total. The molecule has 15 heavy (non-hydrogen) atoms. The first-order chi connectivity index (χ1) is 7.16. The first-order valence-corrected chi connectivity index (χ1v) is 6.10. The lowest BCUT2D eigenvalue weighted by atomic mass is 10.2. The summed E-state index contributed by atoms with van der Waals surface area (Å²) < 4.78 is 11.0. The zero-order valence-electron chi connectivity index (χ0n) is 10.7. The lowest BCUT2D eigenvalue weighted by Crippen LogP contribution is -2.18. The van der Waals surface area contributed by atoms with E-state index in [1.54, 1.807) is 0 Å². The highest BCUT2D eigenvalue weighted by Crippen LogP contribution is 2.00. The summed E-state index contributed by atoms with van der Waals surface area (Å²) in [5.41, 5.74) is 0. The lowest BCUT2D eigenvalue weighted by Gasteiger charge is -2.14. The molecule has 0 aromatic carbocycles. The molecule has 0 aromatic rings. The van der Waals surface area contributed by atoms with Gasteiger partial charge in [-0.05, 0) is 46.7 Å². The van der Waals surface area contributed by atoms with Crippen LogP contribution in [0.15, 0.2) is 0 Å². The summed E-state index contributed by atoms with van der Waals surface area (Å²) in [6.45, 7) is 11.9. The molecule has 0 heterocycles. The monoisotopic (exact) mass is 217 g/mol. The molecule has 0 radical (unpaired) electrons. The van der Waals surface area contributed by atoms with Gasteiger partial charge in [-0.2, -0.15) is 0 Å². The van der Waals surface area contributed by atoms with Crippen molar-refractivity contribution in [2.45, 2.75) is 52.7 Å². The lowest BCUT2D eigenvalue weighted by molar-refractivity contribution is -0.00932. The average molecular weight is 217 g/mol. The Morgan fingerprint density at radius 3 is 2.33 bits per heavy atom. The minimum Gasteiger partial charge on any atom is -0.376 e. The standard InChI is InChI=1S/C12H27NO2/c1-5-13-8-6-7-12(4)15-10-9-14-11(2)3/h11-13H,5-10H2,1-4H3. The van der Waals surface area contributed by atoms with Crippen LogP contribution < -0.4 is 5.32 Å². The number of hydrogen-bond donors (Lipinski definition) is 1. The number of ether oxygens (including phenoxy) is 2. The molecule has 0 spiro atoms. The normalized spacial score (nSPS) is 13.4. The summed E-state index contributed by atoms with van der Waals surface area (Å²) in [6, 6.07) is 0. The second-order valence-electron chi connectivity index (χ2n) is 4.10. The second-order valence-corrected chi connectivity index (χ2v) is 4.10. The zero-order chi connectivity index (χ0) is 11.5. The van der Waals surface area contributed by atoms with E-state index in [1.165, 1.54) is 6.42 Å². The van der Waals surface area contributed by atoms with Gasteiger partial charge in [-0.3, -0.25) is 0 Å². The van der Waals surface area contributed by atoms with Gasteiger partial charge in [0, 0.05) is 0 Å². The van der Waals surface area contributed by atoms with Gasteiger partial charge >= 0.3 is 0 Å². The summed E-state index contributed by atoms with van der Waals surface area (Å²) in [5.74, 6) is 0. The van der Waals surface area contributed by atoms with Crippen LogP contribution in [0.3, 0.4) is 0 Å². The van der Waals surface area contributed by atoms with Crippen molar-refractivity contribution >= 4 is 0 Å². The van der Waals surface area contributed by atoms with Gasteiger partial charge in [0.05, 0.1) is 25.4 Å². The Morgan fingerprint density at radius 1 is 1.07 bits per heavy atom. The Morgan fingerprint density at radius 2 is 1.73 bits per heavy atom. The minimum atomic E-state index is 0.303. The Bertz CT molecular complexity index is 129. The van der Waals surface area contributed by atoms with E-state index < -0.39 is 0 Å². The fourth-order valence-corrected chi connectivity index (χ4v) is 1.31. The zero-order valence-corrected chi connectivity index (χ0v) is 10.7. The van der Waals surface area contributed by atoms with E-state index in [-0.39, 0.29) is 0 Å². The maximum atomic E-state index is 5.62. The van der Waals surface area contributed by atoms with E-state index >= 15 is 0 Å². The molecule has 0 aromatic heterocycles. The first kappa shape index (κ1) is 14.9. The highest BCUT2D eigenvalue weighted by molar-refractivity contribution is 4.53. The topological polar surface area (TPSA) is 30.5 Å². The van der Waals surface area contributed by atoms with Crippen LogP contribution >= 0.6 is 0 Å².